The normalized spacial score (nSPS) is 13.9. The maximum atomic E-state index is 6.22. The zero-order valence-electron chi connectivity index (χ0n) is 12.4. The third kappa shape index (κ3) is 3.13. The van der Waals surface area contributed by atoms with Gasteiger partial charge in [0.25, 0.3) is 0 Å². The molecule has 0 saturated carbocycles. The van der Waals surface area contributed by atoms with Crippen LogP contribution in [0.25, 0.3) is 11.0 Å². The van der Waals surface area contributed by atoms with E-state index >= 15 is 0 Å². The molecular weight excluding hydrogens is 293 g/mol. The highest BCUT2D eigenvalue weighted by atomic mass is 35.5. The van der Waals surface area contributed by atoms with E-state index in [4.69, 9.17) is 27.6 Å². The van der Waals surface area contributed by atoms with Crippen LogP contribution in [0, 0.1) is 5.41 Å². The molecule has 4 heteroatoms. The van der Waals surface area contributed by atoms with Crippen LogP contribution in [-0.4, -0.2) is 6.54 Å². The number of hydrogen-bond acceptors (Lipinski definition) is 2. The van der Waals surface area contributed by atoms with Crippen molar-refractivity contribution in [2.45, 2.75) is 40.2 Å². The number of rotatable bonds is 4. The molecule has 0 aliphatic rings. The van der Waals surface area contributed by atoms with E-state index in [1.807, 2.05) is 6.07 Å². The van der Waals surface area contributed by atoms with E-state index in [0.29, 0.717) is 15.6 Å². The Morgan fingerprint density at radius 2 is 1.95 bits per heavy atom. The van der Waals surface area contributed by atoms with Gasteiger partial charge in [0.05, 0.1) is 11.1 Å². The monoisotopic (exact) mass is 313 g/mol. The van der Waals surface area contributed by atoms with Gasteiger partial charge in [0.2, 0.25) is 0 Å². The second kappa shape index (κ2) is 5.97. The van der Waals surface area contributed by atoms with Gasteiger partial charge in [-0.2, -0.15) is 0 Å². The lowest BCUT2D eigenvalue weighted by Crippen LogP contribution is -2.32. The Morgan fingerprint density at radius 3 is 2.55 bits per heavy atom. The number of fused-ring (bicyclic) bond motifs is 1. The predicted molar refractivity (Wildman–Crippen MR) is 86.7 cm³/mol. The molecule has 1 N–H and O–H groups in total. The molecule has 20 heavy (non-hydrogen) atoms. The first-order valence-electron chi connectivity index (χ1n) is 6.95. The van der Waals surface area contributed by atoms with E-state index in [1.165, 1.54) is 0 Å². The summed E-state index contributed by atoms with van der Waals surface area (Å²) in [5.74, 6) is 0.908. The lowest BCUT2D eigenvalue weighted by molar-refractivity contribution is 0.242. The van der Waals surface area contributed by atoms with Crippen molar-refractivity contribution in [1.29, 1.82) is 0 Å². The van der Waals surface area contributed by atoms with Gasteiger partial charge in [0, 0.05) is 5.39 Å². The van der Waals surface area contributed by atoms with Crippen molar-refractivity contribution < 1.29 is 4.42 Å². The SMILES string of the molecule is CCCNC(c1cc2ccc(Cl)c(Cl)c2o1)C(C)(C)C. The number of nitrogens with one attached hydrogen (secondary N) is 1. The molecule has 0 radical (unpaired) electrons. The molecule has 0 amide bonds. The highest BCUT2D eigenvalue weighted by Crippen LogP contribution is 2.39. The van der Waals surface area contributed by atoms with Crippen LogP contribution in [0.5, 0.6) is 0 Å². The fourth-order valence-corrected chi connectivity index (χ4v) is 2.69. The van der Waals surface area contributed by atoms with Gasteiger partial charge in [-0.15, -0.1) is 0 Å². The van der Waals surface area contributed by atoms with Gasteiger partial charge in [0.1, 0.15) is 10.8 Å². The fraction of sp³-hybridized carbons (Fsp3) is 0.500. The summed E-state index contributed by atoms with van der Waals surface area (Å²) in [5.41, 5.74) is 0.723. The molecule has 0 bridgehead atoms. The molecule has 0 fully saturated rings. The van der Waals surface area contributed by atoms with Gasteiger partial charge >= 0.3 is 0 Å². The Morgan fingerprint density at radius 1 is 1.25 bits per heavy atom. The molecule has 0 aliphatic carbocycles. The summed E-state index contributed by atoms with van der Waals surface area (Å²) in [6.45, 7) is 9.70. The zero-order valence-corrected chi connectivity index (χ0v) is 13.9. The summed E-state index contributed by atoms with van der Waals surface area (Å²) in [6, 6.07) is 5.94. The lowest BCUT2D eigenvalue weighted by Gasteiger charge is -2.30. The third-order valence-electron chi connectivity index (χ3n) is 3.35. The Balaban J connectivity index is 2.46. The molecule has 1 heterocycles. The van der Waals surface area contributed by atoms with Gasteiger partial charge in [-0.25, -0.2) is 0 Å². The van der Waals surface area contributed by atoms with Gasteiger partial charge in [-0.1, -0.05) is 50.9 Å². The van der Waals surface area contributed by atoms with Gasteiger partial charge in [-0.3, -0.25) is 0 Å². The first-order valence-corrected chi connectivity index (χ1v) is 7.71. The van der Waals surface area contributed by atoms with Crippen LogP contribution in [-0.2, 0) is 0 Å². The molecule has 0 saturated heterocycles. The molecule has 110 valence electrons. The van der Waals surface area contributed by atoms with Crippen LogP contribution in [0.3, 0.4) is 0 Å². The van der Waals surface area contributed by atoms with Crippen molar-refractivity contribution in [3.63, 3.8) is 0 Å². The summed E-state index contributed by atoms with van der Waals surface area (Å²) in [6.07, 6.45) is 1.08. The Hall–Kier alpha value is -0.700. The van der Waals surface area contributed by atoms with E-state index < -0.39 is 0 Å². The van der Waals surface area contributed by atoms with Crippen molar-refractivity contribution >= 4 is 34.2 Å². The molecule has 1 atom stereocenters. The largest absolute Gasteiger partial charge is 0.458 e. The number of benzene rings is 1. The molecule has 0 aliphatic heterocycles. The quantitative estimate of drug-likeness (QED) is 0.768. The Labute approximate surface area is 130 Å². The third-order valence-corrected chi connectivity index (χ3v) is 4.13. The smallest absolute Gasteiger partial charge is 0.154 e. The summed E-state index contributed by atoms with van der Waals surface area (Å²) >= 11 is 12.3. The molecule has 2 aromatic rings. The molecule has 0 spiro atoms. The van der Waals surface area contributed by atoms with Crippen LogP contribution in [0.15, 0.2) is 22.6 Å². The summed E-state index contributed by atoms with van der Waals surface area (Å²) in [7, 11) is 0. The second-order valence-corrected chi connectivity index (χ2v) is 6.97. The van der Waals surface area contributed by atoms with Crippen LogP contribution in [0.4, 0.5) is 0 Å². The summed E-state index contributed by atoms with van der Waals surface area (Å²) < 4.78 is 5.99. The topological polar surface area (TPSA) is 25.2 Å². The van der Waals surface area contributed by atoms with E-state index in [0.717, 1.165) is 24.1 Å². The standard InChI is InChI=1S/C16H21Cl2NO/c1-5-8-19-15(16(2,3)4)12-9-10-6-7-11(17)13(18)14(10)20-12/h6-7,9,15,19H,5,8H2,1-4H3. The second-order valence-electron chi connectivity index (χ2n) is 6.18. The maximum absolute atomic E-state index is 6.22. The number of furan rings is 1. The average molecular weight is 314 g/mol. The minimum absolute atomic E-state index is 0.0549. The maximum Gasteiger partial charge on any atom is 0.154 e. The van der Waals surface area contributed by atoms with Crippen molar-refractivity contribution in [2.24, 2.45) is 5.41 Å². The molecular formula is C16H21Cl2NO. The van der Waals surface area contributed by atoms with E-state index in [-0.39, 0.29) is 11.5 Å². The first kappa shape index (κ1) is 15.7. The van der Waals surface area contributed by atoms with Crippen molar-refractivity contribution in [3.8, 4) is 0 Å². The molecule has 1 unspecified atom stereocenters. The zero-order chi connectivity index (χ0) is 14.9. The van der Waals surface area contributed by atoms with E-state index in [1.54, 1.807) is 6.07 Å². The van der Waals surface area contributed by atoms with Crippen molar-refractivity contribution in [2.75, 3.05) is 6.54 Å². The average Bonchev–Trinajstić information content (AvgIpc) is 2.77. The van der Waals surface area contributed by atoms with Gasteiger partial charge in [0.15, 0.2) is 5.58 Å². The van der Waals surface area contributed by atoms with Crippen molar-refractivity contribution in [3.05, 3.63) is 34.0 Å². The first-order chi connectivity index (χ1) is 9.34. The van der Waals surface area contributed by atoms with Crippen LogP contribution < -0.4 is 5.32 Å². The molecule has 2 nitrogen and oxygen atoms in total. The minimum Gasteiger partial charge on any atom is -0.458 e. The van der Waals surface area contributed by atoms with Crippen molar-refractivity contribution in [1.82, 2.24) is 5.32 Å². The molecule has 2 rings (SSSR count). The summed E-state index contributed by atoms with van der Waals surface area (Å²) in [4.78, 5) is 0. The molecule has 1 aromatic heterocycles. The van der Waals surface area contributed by atoms with E-state index in [2.05, 4.69) is 39.1 Å². The van der Waals surface area contributed by atoms with E-state index in [9.17, 15) is 0 Å². The highest BCUT2D eigenvalue weighted by molar-refractivity contribution is 6.44. The number of hydrogen-bond donors (Lipinski definition) is 1. The Bertz CT molecular complexity index is 598. The predicted octanol–water partition coefficient (Wildman–Crippen LogP) is 5.83. The fourth-order valence-electron chi connectivity index (χ4n) is 2.33. The van der Waals surface area contributed by atoms with Crippen LogP contribution >= 0.6 is 23.2 Å². The minimum atomic E-state index is 0.0549. The molecule has 1 aromatic carbocycles. The van der Waals surface area contributed by atoms with Crippen LogP contribution in [0.2, 0.25) is 10.0 Å². The van der Waals surface area contributed by atoms with Crippen LogP contribution in [0.1, 0.15) is 45.9 Å². The Kier molecular flexibility index (Phi) is 4.68. The lowest BCUT2D eigenvalue weighted by atomic mass is 9.85. The van der Waals surface area contributed by atoms with Gasteiger partial charge < -0.3 is 9.73 Å². The highest BCUT2D eigenvalue weighted by Gasteiger charge is 2.29. The van der Waals surface area contributed by atoms with Gasteiger partial charge in [-0.05, 0) is 36.6 Å². The number of halogens is 2. The summed E-state index contributed by atoms with van der Waals surface area (Å²) in [5, 5.41) is 5.55.